The summed E-state index contributed by atoms with van der Waals surface area (Å²) >= 11 is 0. The van der Waals surface area contributed by atoms with E-state index in [4.69, 9.17) is 0 Å². The molecule has 0 saturated heterocycles. The number of aryl methyl sites for hydroxylation is 3. The van der Waals surface area contributed by atoms with Gasteiger partial charge in [-0.15, -0.1) is 0 Å². The van der Waals surface area contributed by atoms with E-state index in [0.717, 1.165) is 22.4 Å². The largest absolute Gasteiger partial charge is 0.343 e. The van der Waals surface area contributed by atoms with Crippen LogP contribution >= 0.6 is 0 Å². The summed E-state index contributed by atoms with van der Waals surface area (Å²) in [7, 11) is 0. The van der Waals surface area contributed by atoms with Crippen molar-refractivity contribution in [3.8, 4) is 0 Å². The second-order valence-electron chi connectivity index (χ2n) is 5.34. The molecule has 22 heavy (non-hydrogen) atoms. The normalized spacial score (nSPS) is 10.1. The maximum atomic E-state index is 12.0. The average molecular weight is 296 g/mol. The van der Waals surface area contributed by atoms with Crippen molar-refractivity contribution < 1.29 is 9.59 Å². The molecule has 0 aromatic heterocycles. The second kappa shape index (κ2) is 6.89. The lowest BCUT2D eigenvalue weighted by Gasteiger charge is -2.09. The molecule has 0 radical (unpaired) electrons. The molecule has 0 bridgehead atoms. The Hall–Kier alpha value is -2.62. The third-order valence-corrected chi connectivity index (χ3v) is 3.60. The van der Waals surface area contributed by atoms with Crippen molar-refractivity contribution in [1.82, 2.24) is 5.32 Å². The summed E-state index contributed by atoms with van der Waals surface area (Å²) in [5.41, 5.74) is 4.49. The van der Waals surface area contributed by atoms with Crippen molar-refractivity contribution in [2.75, 3.05) is 11.9 Å². The number of benzene rings is 2. The van der Waals surface area contributed by atoms with Gasteiger partial charge in [0.05, 0.1) is 6.54 Å². The van der Waals surface area contributed by atoms with Crippen LogP contribution in [0.15, 0.2) is 42.5 Å². The monoisotopic (exact) mass is 296 g/mol. The number of hydrogen-bond acceptors (Lipinski definition) is 2. The molecule has 2 aromatic rings. The molecule has 4 nitrogen and oxygen atoms in total. The minimum absolute atomic E-state index is 0.0555. The van der Waals surface area contributed by atoms with Crippen LogP contribution in [0.4, 0.5) is 5.69 Å². The van der Waals surface area contributed by atoms with Crippen LogP contribution in [0.2, 0.25) is 0 Å². The predicted molar refractivity (Wildman–Crippen MR) is 88.1 cm³/mol. The van der Waals surface area contributed by atoms with Crippen LogP contribution in [0.5, 0.6) is 0 Å². The average Bonchev–Trinajstić information content (AvgIpc) is 2.50. The molecule has 2 N–H and O–H groups in total. The highest BCUT2D eigenvalue weighted by molar-refractivity contribution is 5.99. The minimum Gasteiger partial charge on any atom is -0.343 e. The number of amides is 2. The highest BCUT2D eigenvalue weighted by atomic mass is 16.2. The summed E-state index contributed by atoms with van der Waals surface area (Å²) in [6.45, 7) is 5.81. The lowest BCUT2D eigenvalue weighted by atomic mass is 10.1. The van der Waals surface area contributed by atoms with Crippen LogP contribution in [0, 0.1) is 20.8 Å². The Bertz CT molecular complexity index is 708. The van der Waals surface area contributed by atoms with E-state index in [2.05, 4.69) is 10.6 Å². The molecule has 0 unspecified atom stereocenters. The Morgan fingerprint density at radius 2 is 1.64 bits per heavy atom. The van der Waals surface area contributed by atoms with Crippen molar-refractivity contribution >= 4 is 17.5 Å². The van der Waals surface area contributed by atoms with Gasteiger partial charge >= 0.3 is 0 Å². The first kappa shape index (κ1) is 15.8. The van der Waals surface area contributed by atoms with Gasteiger partial charge in [0, 0.05) is 11.3 Å². The van der Waals surface area contributed by atoms with Crippen LogP contribution in [0.3, 0.4) is 0 Å². The van der Waals surface area contributed by atoms with Crippen molar-refractivity contribution in [2.24, 2.45) is 0 Å². The Labute approximate surface area is 130 Å². The molecule has 114 valence electrons. The lowest BCUT2D eigenvalue weighted by Crippen LogP contribution is -2.33. The third-order valence-electron chi connectivity index (χ3n) is 3.60. The van der Waals surface area contributed by atoms with Gasteiger partial charge in [-0.05, 0) is 55.7 Å². The highest BCUT2D eigenvalue weighted by Crippen LogP contribution is 2.13. The number of carbonyl (C=O) groups is 2. The zero-order valence-electron chi connectivity index (χ0n) is 13.1. The summed E-state index contributed by atoms with van der Waals surface area (Å²) in [4.78, 5) is 23.9. The summed E-state index contributed by atoms with van der Waals surface area (Å²) in [5, 5.41) is 5.42. The summed E-state index contributed by atoms with van der Waals surface area (Å²) < 4.78 is 0. The van der Waals surface area contributed by atoms with Gasteiger partial charge in [-0.1, -0.05) is 24.3 Å². The quantitative estimate of drug-likeness (QED) is 0.911. The minimum atomic E-state index is -0.247. The van der Waals surface area contributed by atoms with Crippen molar-refractivity contribution in [1.29, 1.82) is 0 Å². The van der Waals surface area contributed by atoms with Crippen LogP contribution < -0.4 is 10.6 Å². The number of carbonyl (C=O) groups excluding carboxylic acids is 2. The second-order valence-corrected chi connectivity index (χ2v) is 5.34. The number of para-hydroxylation sites is 1. The van der Waals surface area contributed by atoms with E-state index in [-0.39, 0.29) is 18.4 Å². The van der Waals surface area contributed by atoms with E-state index in [1.54, 1.807) is 6.07 Å². The predicted octanol–water partition coefficient (Wildman–Crippen LogP) is 2.98. The molecule has 0 aliphatic heterocycles. The van der Waals surface area contributed by atoms with Gasteiger partial charge < -0.3 is 10.6 Å². The summed E-state index contributed by atoms with van der Waals surface area (Å²) in [6.07, 6.45) is 0. The molecular weight excluding hydrogens is 276 g/mol. The van der Waals surface area contributed by atoms with Gasteiger partial charge in [0.25, 0.3) is 5.91 Å². The molecule has 2 rings (SSSR count). The number of nitrogens with one attached hydrogen (secondary N) is 2. The molecule has 2 amide bonds. The van der Waals surface area contributed by atoms with E-state index in [9.17, 15) is 9.59 Å². The Morgan fingerprint density at radius 1 is 0.909 bits per heavy atom. The van der Waals surface area contributed by atoms with Crippen LogP contribution in [-0.2, 0) is 4.79 Å². The van der Waals surface area contributed by atoms with Crippen molar-refractivity contribution in [3.63, 3.8) is 0 Å². The molecule has 0 atom stereocenters. The first-order valence-corrected chi connectivity index (χ1v) is 7.18. The summed E-state index contributed by atoms with van der Waals surface area (Å²) in [5.74, 6) is -0.491. The topological polar surface area (TPSA) is 58.2 Å². The van der Waals surface area contributed by atoms with Crippen molar-refractivity contribution in [3.05, 3.63) is 64.7 Å². The van der Waals surface area contributed by atoms with E-state index in [1.165, 1.54) is 0 Å². The third kappa shape index (κ3) is 3.95. The van der Waals surface area contributed by atoms with Gasteiger partial charge in [-0.2, -0.15) is 0 Å². The Morgan fingerprint density at radius 3 is 2.32 bits per heavy atom. The number of hydrogen-bond donors (Lipinski definition) is 2. The highest BCUT2D eigenvalue weighted by Gasteiger charge is 2.09. The molecule has 0 saturated carbocycles. The van der Waals surface area contributed by atoms with Crippen molar-refractivity contribution in [2.45, 2.75) is 20.8 Å². The van der Waals surface area contributed by atoms with Gasteiger partial charge in [0.15, 0.2) is 0 Å². The van der Waals surface area contributed by atoms with Gasteiger partial charge in [-0.25, -0.2) is 0 Å². The first-order chi connectivity index (χ1) is 10.5. The maximum absolute atomic E-state index is 12.0. The fourth-order valence-electron chi connectivity index (χ4n) is 2.05. The van der Waals surface area contributed by atoms with Gasteiger partial charge in [-0.3, -0.25) is 9.59 Å². The number of rotatable bonds is 4. The van der Waals surface area contributed by atoms with Gasteiger partial charge in [0.1, 0.15) is 0 Å². The Balaban J connectivity index is 1.92. The maximum Gasteiger partial charge on any atom is 0.251 e. The van der Waals surface area contributed by atoms with E-state index in [0.29, 0.717) is 5.56 Å². The molecule has 0 fully saturated rings. The van der Waals surface area contributed by atoms with Crippen LogP contribution in [0.1, 0.15) is 27.0 Å². The molecular formula is C18H20N2O2. The number of anilines is 1. The summed E-state index contributed by atoms with van der Waals surface area (Å²) in [6, 6.07) is 13.0. The zero-order chi connectivity index (χ0) is 16.1. The molecule has 2 aromatic carbocycles. The molecule has 0 aliphatic rings. The fourth-order valence-corrected chi connectivity index (χ4v) is 2.05. The molecule has 4 heteroatoms. The SMILES string of the molecule is Cc1ccc(C(=O)NCC(=O)Nc2ccccc2C)cc1C. The van der Waals surface area contributed by atoms with Crippen LogP contribution in [-0.4, -0.2) is 18.4 Å². The lowest BCUT2D eigenvalue weighted by molar-refractivity contribution is -0.115. The fraction of sp³-hybridized carbons (Fsp3) is 0.222. The molecule has 0 aliphatic carbocycles. The van der Waals surface area contributed by atoms with E-state index < -0.39 is 0 Å². The molecule has 0 heterocycles. The van der Waals surface area contributed by atoms with Gasteiger partial charge in [0.2, 0.25) is 5.91 Å². The zero-order valence-corrected chi connectivity index (χ0v) is 13.1. The standard InChI is InChI=1S/C18H20N2O2/c1-12-8-9-15(10-14(12)3)18(22)19-11-17(21)20-16-7-5-4-6-13(16)2/h4-10H,11H2,1-3H3,(H,19,22)(H,20,21). The Kier molecular flexibility index (Phi) is 4.94. The molecule has 0 spiro atoms. The van der Waals surface area contributed by atoms with E-state index >= 15 is 0 Å². The smallest absolute Gasteiger partial charge is 0.251 e. The van der Waals surface area contributed by atoms with Crippen LogP contribution in [0.25, 0.3) is 0 Å². The van der Waals surface area contributed by atoms with E-state index in [1.807, 2.05) is 57.2 Å². The first-order valence-electron chi connectivity index (χ1n) is 7.18.